The van der Waals surface area contributed by atoms with E-state index in [1.807, 2.05) is 36.5 Å². The summed E-state index contributed by atoms with van der Waals surface area (Å²) < 4.78 is 55.0. The van der Waals surface area contributed by atoms with E-state index in [1.165, 1.54) is 5.56 Å². The summed E-state index contributed by atoms with van der Waals surface area (Å²) in [6.07, 6.45) is 3.62. The normalized spacial score (nSPS) is 13.4. The Balaban J connectivity index is 0.00000623. The van der Waals surface area contributed by atoms with Crippen LogP contribution in [0.2, 0.25) is 0 Å². The summed E-state index contributed by atoms with van der Waals surface area (Å²) in [6, 6.07) is 59.8. The summed E-state index contributed by atoms with van der Waals surface area (Å²) in [4.78, 5) is 11.9. The van der Waals surface area contributed by atoms with E-state index in [4.69, 9.17) is 21.6 Å². The molecule has 4 aromatic heterocycles. The van der Waals surface area contributed by atoms with Gasteiger partial charge in [-0.25, -0.2) is 4.98 Å². The van der Waals surface area contributed by atoms with Crippen LogP contribution < -0.4 is 9.64 Å². The summed E-state index contributed by atoms with van der Waals surface area (Å²) in [5.41, 5.74) is 8.64. The van der Waals surface area contributed by atoms with E-state index in [2.05, 4.69) is 202 Å². The molecule has 12 aromatic rings. The third kappa shape index (κ3) is 7.96. The molecule has 364 valence electrons. The fourth-order valence-corrected chi connectivity index (χ4v) is 10.5. The van der Waals surface area contributed by atoms with Crippen LogP contribution in [0.3, 0.4) is 0 Å². The van der Waals surface area contributed by atoms with Crippen molar-refractivity contribution >= 4 is 76.7 Å². The molecule has 0 saturated heterocycles. The second kappa shape index (κ2) is 18.1. The van der Waals surface area contributed by atoms with Crippen LogP contribution in [0.25, 0.3) is 93.2 Å². The number of benzene rings is 8. The largest absolute Gasteiger partial charge is 0.521 e. The van der Waals surface area contributed by atoms with Gasteiger partial charge in [0, 0.05) is 50.0 Å². The number of pyridine rings is 2. The zero-order valence-electron chi connectivity index (χ0n) is 46.7. The molecule has 0 bridgehead atoms. The molecule has 8 aromatic carbocycles. The Morgan fingerprint density at radius 2 is 1.12 bits per heavy atom. The minimum Gasteiger partial charge on any atom is -0.521 e. The molecule has 5 heterocycles. The molecule has 0 saturated carbocycles. The van der Waals surface area contributed by atoms with E-state index >= 15 is 0 Å². The van der Waals surface area contributed by atoms with Crippen molar-refractivity contribution in [1.29, 1.82) is 0 Å². The number of fused-ring (bicyclic) bond motifs is 10. The first-order valence-electron chi connectivity index (χ1n) is 27.1. The second-order valence-electron chi connectivity index (χ2n) is 20.8. The quantitative estimate of drug-likeness (QED) is 0.156. The van der Waals surface area contributed by atoms with Crippen LogP contribution in [0, 0.1) is 18.8 Å². The number of anilines is 2. The Kier molecular flexibility index (Phi) is 10.1. The van der Waals surface area contributed by atoms with E-state index in [0.29, 0.717) is 22.9 Å². The van der Waals surface area contributed by atoms with Gasteiger partial charge in [-0.05, 0) is 136 Å². The van der Waals surface area contributed by atoms with Crippen molar-refractivity contribution in [2.45, 2.75) is 52.4 Å². The predicted octanol–water partition coefficient (Wildman–Crippen LogP) is 17.6. The van der Waals surface area contributed by atoms with Crippen LogP contribution >= 0.6 is 0 Å². The molecule has 0 N–H and O–H groups in total. The molecule has 6 nitrogen and oxygen atoms in total. The van der Waals surface area contributed by atoms with E-state index in [1.54, 1.807) is 6.20 Å². The number of para-hydroxylation sites is 3. The molecule has 0 aliphatic carbocycles. The van der Waals surface area contributed by atoms with E-state index < -0.39 is 6.04 Å². The van der Waals surface area contributed by atoms with Crippen LogP contribution in [0.4, 0.5) is 11.5 Å². The van der Waals surface area contributed by atoms with Gasteiger partial charge in [0.2, 0.25) is 0 Å². The van der Waals surface area contributed by atoms with Gasteiger partial charge in [0.1, 0.15) is 5.82 Å². The molecule has 13 rings (SSSR count). The maximum atomic E-state index is 9.08. The first-order chi connectivity index (χ1) is 37.5. The van der Waals surface area contributed by atoms with Crippen LogP contribution in [0.1, 0.15) is 59.5 Å². The number of hydrogen-bond donors (Lipinski definition) is 0. The Morgan fingerprint density at radius 3 is 1.84 bits per heavy atom. The Hall–Kier alpha value is -8.18. The van der Waals surface area contributed by atoms with Gasteiger partial charge < -0.3 is 18.8 Å². The number of aromatic nitrogens is 4. The summed E-state index contributed by atoms with van der Waals surface area (Å²) in [5, 5.41) is 8.37. The molecule has 74 heavy (non-hydrogen) atoms. The van der Waals surface area contributed by atoms with Crippen molar-refractivity contribution in [2.75, 3.05) is 4.90 Å². The van der Waals surface area contributed by atoms with Crippen molar-refractivity contribution in [1.82, 2.24) is 19.1 Å². The van der Waals surface area contributed by atoms with Crippen molar-refractivity contribution in [2.24, 2.45) is 0 Å². The molecule has 0 amide bonds. The maximum absolute atomic E-state index is 9.08. The standard InChI is InChI=1S/C67H52N5O.Pt/c1-66(2,3)46-32-34-69-63(39-46)72-59-28-15-14-24-55(59)56-31-30-48(40-61(56)72)73-49-33-35-68-62(41-49)70-42-71-64-50(45-36-44(43-18-8-7-9-19-43)37-47(38-45)67(4,5)6)25-16-26-57(64)53-22-12-10-20-51(53)52-21-11-13-23-54(52)58-27-17-29-60(70)65(58)71;/h7-39,42H,1-6H3;/q-3;/i7D,8D,9D,18D,19D;. The average molecular weight is 1140 g/mol. The first-order valence-corrected chi connectivity index (χ1v) is 24.6. The molecule has 7 heteroatoms. The number of nitrogens with zero attached hydrogens (tertiary/aromatic N) is 5. The Morgan fingerprint density at radius 1 is 0.514 bits per heavy atom. The maximum Gasteiger partial charge on any atom is 0.135 e. The molecule has 0 radical (unpaired) electrons. The molecular weight excluding hydrogens is 1090 g/mol. The predicted molar refractivity (Wildman–Crippen MR) is 303 cm³/mol. The number of rotatable bonds is 6. The molecular formula is C67H52N5OPt-3. The topological polar surface area (TPSA) is 48.1 Å². The van der Waals surface area contributed by atoms with Gasteiger partial charge in [-0.2, -0.15) is 18.2 Å². The SMILES string of the molecule is [2H]c1c([2H])c([2H])c(-c2cc(-c3cccc4c5ccccc5c5ccccc5c5cccc6c5n(c34)[CH-]N6c3[c-]c(Oc4[c-]c5c(cc4)c4ccccc4n5-c4cc(C(C)(C)C)ccn4)ccn3)cc(C(C)(C)C)c2)c([2H])c1[2H].[Pt]. The third-order valence-electron chi connectivity index (χ3n) is 14.1. The van der Waals surface area contributed by atoms with Crippen molar-refractivity contribution in [3.63, 3.8) is 0 Å². The van der Waals surface area contributed by atoms with E-state index in [9.17, 15) is 0 Å². The summed E-state index contributed by atoms with van der Waals surface area (Å²) >= 11 is 0. The molecule has 0 fully saturated rings. The zero-order chi connectivity index (χ0) is 53.9. The van der Waals surface area contributed by atoms with Gasteiger partial charge in [-0.1, -0.05) is 193 Å². The smallest absolute Gasteiger partial charge is 0.135 e. The van der Waals surface area contributed by atoms with Gasteiger partial charge >= 0.3 is 0 Å². The molecule has 1 aliphatic heterocycles. The van der Waals surface area contributed by atoms with Crippen molar-refractivity contribution in [3.8, 4) is 39.6 Å². The van der Waals surface area contributed by atoms with Crippen LogP contribution in [-0.4, -0.2) is 19.1 Å². The van der Waals surface area contributed by atoms with Gasteiger partial charge in [0.25, 0.3) is 0 Å². The van der Waals surface area contributed by atoms with Crippen LogP contribution in [-0.2, 0) is 31.9 Å². The summed E-state index contributed by atoms with van der Waals surface area (Å²) in [7, 11) is 0. The van der Waals surface area contributed by atoms with Crippen molar-refractivity contribution < 1.29 is 32.7 Å². The third-order valence-corrected chi connectivity index (χ3v) is 14.1. The molecule has 0 unspecified atom stereocenters. The Bertz CT molecular complexity index is 4540. The molecule has 1 aliphatic rings. The summed E-state index contributed by atoms with van der Waals surface area (Å²) in [6.45, 7) is 15.1. The van der Waals surface area contributed by atoms with Gasteiger partial charge in [-0.15, -0.1) is 17.5 Å². The fraction of sp³-hybridized carbons (Fsp3) is 0.119. The van der Waals surface area contributed by atoms with Gasteiger partial charge in [0.05, 0.1) is 6.85 Å². The minimum absolute atomic E-state index is 0. The van der Waals surface area contributed by atoms with Crippen LogP contribution in [0.5, 0.6) is 11.5 Å². The van der Waals surface area contributed by atoms with E-state index in [0.717, 1.165) is 93.4 Å². The van der Waals surface area contributed by atoms with Crippen LogP contribution in [0.15, 0.2) is 200 Å². The van der Waals surface area contributed by atoms with Gasteiger partial charge in [-0.3, -0.25) is 4.98 Å². The van der Waals surface area contributed by atoms with Crippen molar-refractivity contribution in [3.05, 3.63) is 230 Å². The second-order valence-corrected chi connectivity index (χ2v) is 20.8. The fourth-order valence-electron chi connectivity index (χ4n) is 10.5. The first kappa shape index (κ1) is 41.3. The van der Waals surface area contributed by atoms with Gasteiger partial charge in [0.15, 0.2) is 0 Å². The summed E-state index contributed by atoms with van der Waals surface area (Å²) in [5.74, 6) is 2.28. The zero-order valence-corrected chi connectivity index (χ0v) is 44.0. The number of hydrogen-bond acceptors (Lipinski definition) is 4. The Labute approximate surface area is 453 Å². The molecule has 0 atom stereocenters. The molecule has 0 spiro atoms. The minimum atomic E-state index is -0.427. The van der Waals surface area contributed by atoms with E-state index in [-0.39, 0.29) is 61.6 Å². The average Bonchev–Trinajstić information content (AvgIpc) is 4.13. The monoisotopic (exact) mass is 1140 g/mol. The number of ether oxygens (including phenoxy) is 1.